The zero-order valence-corrected chi connectivity index (χ0v) is 6.27. The average Bonchev–Trinajstić information content (AvgIpc) is 1.59. The van der Waals surface area contributed by atoms with Gasteiger partial charge in [0, 0.05) is 0 Å². The molecule has 0 aromatic heterocycles. The van der Waals surface area contributed by atoms with E-state index in [0.29, 0.717) is 0 Å². The summed E-state index contributed by atoms with van der Waals surface area (Å²) in [6.07, 6.45) is 1.26. The van der Waals surface area contributed by atoms with Crippen LogP contribution in [0.3, 0.4) is 0 Å². The number of hydrogen-bond acceptors (Lipinski definition) is 2. The summed E-state index contributed by atoms with van der Waals surface area (Å²) in [6.45, 7) is 3.07. The minimum Gasteiger partial charge on any atom is -0.303 e. The highest BCUT2D eigenvalue weighted by molar-refractivity contribution is 7.46. The maximum atomic E-state index is 9.81. The second-order valence-corrected chi connectivity index (χ2v) is 2.31. The molecule has 6 heteroatoms. The third-order valence-electron chi connectivity index (χ3n) is 0.361. The van der Waals surface area contributed by atoms with Crippen LogP contribution < -0.4 is 0 Å². The van der Waals surface area contributed by atoms with Gasteiger partial charge in [0.25, 0.3) is 0 Å². The van der Waals surface area contributed by atoms with Crippen molar-refractivity contribution in [3.63, 3.8) is 0 Å². The lowest BCUT2D eigenvalue weighted by Gasteiger charge is -1.98. The standard InChI is InChI=1S/C3H7O4P.ClH/c1-2-3-7-8(4,5)6;/h2H,1,3H2,(H2,4,5,6);1H. The summed E-state index contributed by atoms with van der Waals surface area (Å²) < 4.78 is 13.7. The van der Waals surface area contributed by atoms with Gasteiger partial charge in [-0.1, -0.05) is 6.08 Å². The van der Waals surface area contributed by atoms with Gasteiger partial charge in [-0.2, -0.15) is 0 Å². The van der Waals surface area contributed by atoms with E-state index < -0.39 is 7.82 Å². The molecular weight excluding hydrogens is 166 g/mol. The van der Waals surface area contributed by atoms with Crippen LogP contribution in [0.1, 0.15) is 0 Å². The fraction of sp³-hybridized carbons (Fsp3) is 0.333. The SMILES string of the molecule is C=CCOP(=O)(O)O.Cl. The Kier molecular flexibility index (Phi) is 6.56. The highest BCUT2D eigenvalue weighted by Gasteiger charge is 2.10. The molecule has 0 amide bonds. The lowest BCUT2D eigenvalue weighted by Crippen LogP contribution is -1.86. The molecule has 0 aliphatic heterocycles. The molecule has 0 saturated heterocycles. The zero-order chi connectivity index (χ0) is 6.62. The van der Waals surface area contributed by atoms with E-state index in [4.69, 9.17) is 9.79 Å². The molecule has 0 saturated carbocycles. The molecule has 0 aliphatic carbocycles. The molecule has 56 valence electrons. The second-order valence-electron chi connectivity index (χ2n) is 1.08. The van der Waals surface area contributed by atoms with Crippen LogP contribution in [0.25, 0.3) is 0 Å². The van der Waals surface area contributed by atoms with E-state index in [1.54, 1.807) is 0 Å². The normalized spacial score (nSPS) is 10.0. The van der Waals surface area contributed by atoms with Gasteiger partial charge in [0.2, 0.25) is 0 Å². The maximum Gasteiger partial charge on any atom is 0.469 e. The van der Waals surface area contributed by atoms with Crippen molar-refractivity contribution in [3.8, 4) is 0 Å². The summed E-state index contributed by atoms with van der Waals surface area (Å²) in [7, 11) is -4.25. The summed E-state index contributed by atoms with van der Waals surface area (Å²) in [5.74, 6) is 0. The molecule has 0 heterocycles. The molecule has 0 unspecified atom stereocenters. The summed E-state index contributed by atoms with van der Waals surface area (Å²) in [4.78, 5) is 16.0. The van der Waals surface area contributed by atoms with Gasteiger partial charge < -0.3 is 9.79 Å². The molecular formula is C3H8ClO4P. The largest absolute Gasteiger partial charge is 0.469 e. The van der Waals surface area contributed by atoms with Gasteiger partial charge >= 0.3 is 7.82 Å². The summed E-state index contributed by atoms with van der Waals surface area (Å²) in [6, 6.07) is 0. The molecule has 0 aromatic carbocycles. The minimum absolute atomic E-state index is 0. The Bertz CT molecular complexity index is 119. The molecule has 0 atom stereocenters. The Labute approximate surface area is 59.2 Å². The molecule has 0 fully saturated rings. The lowest BCUT2D eigenvalue weighted by atomic mass is 10.7. The topological polar surface area (TPSA) is 66.8 Å². The van der Waals surface area contributed by atoms with Gasteiger partial charge in [-0.15, -0.1) is 19.0 Å². The van der Waals surface area contributed by atoms with Gasteiger partial charge in [-0.3, -0.25) is 4.52 Å². The Morgan fingerprint density at radius 3 is 2.22 bits per heavy atom. The first-order valence-electron chi connectivity index (χ1n) is 1.87. The first-order chi connectivity index (χ1) is 3.56. The van der Waals surface area contributed by atoms with Crippen molar-refractivity contribution in [2.24, 2.45) is 0 Å². The third-order valence-corrected chi connectivity index (χ3v) is 0.846. The van der Waals surface area contributed by atoms with E-state index in [9.17, 15) is 4.57 Å². The number of halogens is 1. The molecule has 0 rings (SSSR count). The Morgan fingerprint density at radius 2 is 2.11 bits per heavy atom. The molecule has 2 N–H and O–H groups in total. The zero-order valence-electron chi connectivity index (χ0n) is 4.56. The first kappa shape index (κ1) is 11.9. The van der Waals surface area contributed by atoms with Gasteiger partial charge in [0.1, 0.15) is 0 Å². The molecule has 9 heavy (non-hydrogen) atoms. The number of hydrogen-bond donors (Lipinski definition) is 2. The van der Waals surface area contributed by atoms with Crippen molar-refractivity contribution in [2.45, 2.75) is 0 Å². The molecule has 0 radical (unpaired) electrons. The molecule has 0 spiro atoms. The van der Waals surface area contributed by atoms with Crippen LogP contribution in [-0.4, -0.2) is 16.4 Å². The fourth-order valence-electron chi connectivity index (χ4n) is 0.150. The number of phosphoric ester groups is 1. The number of rotatable bonds is 3. The van der Waals surface area contributed by atoms with Crippen LogP contribution in [0, 0.1) is 0 Å². The van der Waals surface area contributed by atoms with Gasteiger partial charge in [0.05, 0.1) is 6.61 Å². The van der Waals surface area contributed by atoms with Crippen LogP contribution in [0.15, 0.2) is 12.7 Å². The predicted octanol–water partition coefficient (Wildman–Crippen LogP) is 0.703. The predicted molar refractivity (Wildman–Crippen MR) is 35.4 cm³/mol. The monoisotopic (exact) mass is 174 g/mol. The van der Waals surface area contributed by atoms with E-state index in [0.717, 1.165) is 0 Å². The minimum atomic E-state index is -4.25. The van der Waals surface area contributed by atoms with E-state index in [2.05, 4.69) is 11.1 Å². The molecule has 4 nitrogen and oxygen atoms in total. The number of phosphoric acid groups is 1. The summed E-state index contributed by atoms with van der Waals surface area (Å²) >= 11 is 0. The molecule has 0 bridgehead atoms. The van der Waals surface area contributed by atoms with Crippen molar-refractivity contribution in [1.29, 1.82) is 0 Å². The van der Waals surface area contributed by atoms with Crippen LogP contribution in [0.2, 0.25) is 0 Å². The van der Waals surface area contributed by atoms with Crippen LogP contribution in [-0.2, 0) is 9.09 Å². The van der Waals surface area contributed by atoms with Gasteiger partial charge in [0.15, 0.2) is 0 Å². The molecule has 0 aliphatic rings. The quantitative estimate of drug-likeness (QED) is 0.488. The van der Waals surface area contributed by atoms with E-state index in [1.807, 2.05) is 0 Å². The van der Waals surface area contributed by atoms with Crippen molar-refractivity contribution in [1.82, 2.24) is 0 Å². The lowest BCUT2D eigenvalue weighted by molar-refractivity contribution is 0.216. The molecule has 0 aromatic rings. The van der Waals surface area contributed by atoms with E-state index in [-0.39, 0.29) is 19.0 Å². The summed E-state index contributed by atoms with van der Waals surface area (Å²) in [5, 5.41) is 0. The maximum absolute atomic E-state index is 9.81. The Balaban J connectivity index is 0. The first-order valence-corrected chi connectivity index (χ1v) is 3.40. The van der Waals surface area contributed by atoms with E-state index >= 15 is 0 Å². The third kappa shape index (κ3) is 11.6. The van der Waals surface area contributed by atoms with Crippen molar-refractivity contribution in [3.05, 3.63) is 12.7 Å². The van der Waals surface area contributed by atoms with Crippen molar-refractivity contribution in [2.75, 3.05) is 6.61 Å². The van der Waals surface area contributed by atoms with Crippen LogP contribution in [0.5, 0.6) is 0 Å². The van der Waals surface area contributed by atoms with Gasteiger partial charge in [-0.25, -0.2) is 4.57 Å². The van der Waals surface area contributed by atoms with E-state index in [1.165, 1.54) is 6.08 Å². The summed E-state index contributed by atoms with van der Waals surface area (Å²) in [5.41, 5.74) is 0. The van der Waals surface area contributed by atoms with Crippen molar-refractivity contribution < 1.29 is 18.9 Å². The Hall–Kier alpha value is 0.140. The average molecular weight is 175 g/mol. The van der Waals surface area contributed by atoms with Gasteiger partial charge in [-0.05, 0) is 0 Å². The van der Waals surface area contributed by atoms with Crippen LogP contribution >= 0.6 is 20.2 Å². The van der Waals surface area contributed by atoms with Crippen LogP contribution in [0.4, 0.5) is 0 Å². The highest BCUT2D eigenvalue weighted by Crippen LogP contribution is 2.35. The second kappa shape index (κ2) is 4.97. The fourth-order valence-corrected chi connectivity index (χ4v) is 0.449. The Morgan fingerprint density at radius 1 is 1.67 bits per heavy atom. The highest BCUT2D eigenvalue weighted by atomic mass is 35.5. The smallest absolute Gasteiger partial charge is 0.303 e. The van der Waals surface area contributed by atoms with Crippen molar-refractivity contribution >= 4 is 20.2 Å².